The van der Waals surface area contributed by atoms with E-state index < -0.39 is 5.91 Å². The van der Waals surface area contributed by atoms with E-state index in [-0.39, 0.29) is 5.69 Å². The van der Waals surface area contributed by atoms with Crippen molar-refractivity contribution in [2.45, 2.75) is 18.9 Å². The summed E-state index contributed by atoms with van der Waals surface area (Å²) in [5, 5.41) is 7.56. The molecule has 0 radical (unpaired) electrons. The van der Waals surface area contributed by atoms with E-state index in [1.807, 2.05) is 0 Å². The second-order valence-corrected chi connectivity index (χ2v) is 3.99. The van der Waals surface area contributed by atoms with Crippen LogP contribution in [-0.2, 0) is 0 Å². The lowest BCUT2D eigenvalue weighted by atomic mass is 9.82. The molecule has 1 aliphatic rings. The Hall–Kier alpha value is -1.04. The molecule has 2 N–H and O–H groups in total. The number of hydrogen-bond donors (Lipinski definition) is 2. The normalized spacial score (nSPS) is 25.8. The highest BCUT2D eigenvalue weighted by Crippen LogP contribution is 2.37. The van der Waals surface area contributed by atoms with Crippen LogP contribution in [0.3, 0.4) is 0 Å². The first kappa shape index (κ1) is 9.51. The number of thiol groups is 1. The predicted molar refractivity (Wildman–Crippen MR) is 54.2 cm³/mol. The van der Waals surface area contributed by atoms with Crippen LogP contribution in [0.1, 0.15) is 29.4 Å². The molecule has 0 atom stereocenters. The Morgan fingerprint density at radius 2 is 2.43 bits per heavy atom. The van der Waals surface area contributed by atoms with Crippen LogP contribution >= 0.6 is 12.6 Å². The maximum atomic E-state index is 10.8. The van der Waals surface area contributed by atoms with Gasteiger partial charge in [-0.15, -0.1) is 5.10 Å². The molecule has 2 rings (SSSR count). The van der Waals surface area contributed by atoms with Gasteiger partial charge in [0, 0.05) is 0 Å². The number of nitrogens with two attached hydrogens (primary N) is 1. The summed E-state index contributed by atoms with van der Waals surface area (Å²) >= 11 is 4.22. The van der Waals surface area contributed by atoms with Crippen molar-refractivity contribution in [3.8, 4) is 0 Å². The molecule has 1 aliphatic carbocycles. The summed E-state index contributed by atoms with van der Waals surface area (Å²) in [5.74, 6) is 1.05. The number of rotatable bonds is 3. The van der Waals surface area contributed by atoms with Gasteiger partial charge in [0.1, 0.15) is 0 Å². The molecule has 0 spiro atoms. The molecule has 1 saturated carbocycles. The second kappa shape index (κ2) is 3.61. The molecule has 0 saturated heterocycles. The van der Waals surface area contributed by atoms with Gasteiger partial charge >= 0.3 is 0 Å². The molecule has 0 aromatic carbocycles. The molecule has 1 aromatic rings. The molecule has 1 aromatic heterocycles. The largest absolute Gasteiger partial charge is 0.364 e. The standard InChI is InChI=1S/C8H12N4OS/c9-8(13)7-3-12(11-10-7)6-1-5(2-6)4-14/h3,5-6,14H,1-2,4H2,(H2,9,13). The number of amides is 1. The third-order valence-corrected chi connectivity index (χ3v) is 3.12. The monoisotopic (exact) mass is 212 g/mol. The highest BCUT2D eigenvalue weighted by Gasteiger charge is 2.30. The van der Waals surface area contributed by atoms with E-state index in [2.05, 4.69) is 22.9 Å². The van der Waals surface area contributed by atoms with Crippen LogP contribution < -0.4 is 5.73 Å². The highest BCUT2D eigenvalue weighted by molar-refractivity contribution is 7.80. The van der Waals surface area contributed by atoms with Crippen LogP contribution in [-0.4, -0.2) is 26.7 Å². The number of hydrogen-bond acceptors (Lipinski definition) is 4. The summed E-state index contributed by atoms with van der Waals surface area (Å²) in [6.45, 7) is 0. The number of primary amides is 1. The van der Waals surface area contributed by atoms with Gasteiger partial charge in [0.2, 0.25) is 0 Å². The third-order valence-electron chi connectivity index (χ3n) is 2.61. The number of carbonyl (C=O) groups is 1. The lowest BCUT2D eigenvalue weighted by Gasteiger charge is -2.33. The fourth-order valence-corrected chi connectivity index (χ4v) is 1.93. The van der Waals surface area contributed by atoms with Crippen LogP contribution in [0, 0.1) is 5.92 Å². The summed E-state index contributed by atoms with van der Waals surface area (Å²) in [7, 11) is 0. The van der Waals surface area contributed by atoms with Gasteiger partial charge in [-0.3, -0.25) is 4.79 Å². The number of aromatic nitrogens is 3. The summed E-state index contributed by atoms with van der Waals surface area (Å²) in [6.07, 6.45) is 3.73. The van der Waals surface area contributed by atoms with E-state index in [1.165, 1.54) is 0 Å². The summed E-state index contributed by atoms with van der Waals surface area (Å²) in [4.78, 5) is 10.8. The topological polar surface area (TPSA) is 73.8 Å². The minimum Gasteiger partial charge on any atom is -0.364 e. The third kappa shape index (κ3) is 1.61. The number of carbonyl (C=O) groups excluding carboxylic acids is 1. The van der Waals surface area contributed by atoms with Gasteiger partial charge in [-0.1, -0.05) is 5.21 Å². The van der Waals surface area contributed by atoms with Crippen LogP contribution in [0.2, 0.25) is 0 Å². The van der Waals surface area contributed by atoms with Crippen molar-refractivity contribution in [1.29, 1.82) is 0 Å². The zero-order valence-corrected chi connectivity index (χ0v) is 8.52. The molecule has 0 bridgehead atoms. The van der Waals surface area contributed by atoms with Gasteiger partial charge in [-0.05, 0) is 24.5 Å². The Labute approximate surface area is 87.1 Å². The molecule has 14 heavy (non-hydrogen) atoms. The Kier molecular flexibility index (Phi) is 2.45. The zero-order chi connectivity index (χ0) is 10.1. The predicted octanol–water partition coefficient (Wildman–Crippen LogP) is 0.258. The molecule has 1 fully saturated rings. The SMILES string of the molecule is NC(=O)c1cn(C2CC(CS)C2)nn1. The van der Waals surface area contributed by atoms with Crippen LogP contribution in [0.5, 0.6) is 0 Å². The Morgan fingerprint density at radius 1 is 1.71 bits per heavy atom. The first-order chi connectivity index (χ1) is 6.70. The lowest BCUT2D eigenvalue weighted by molar-refractivity contribution is 0.0995. The van der Waals surface area contributed by atoms with Crippen molar-refractivity contribution in [3.63, 3.8) is 0 Å². The molecule has 6 heteroatoms. The van der Waals surface area contributed by atoms with Gasteiger partial charge in [-0.25, -0.2) is 4.68 Å². The van der Waals surface area contributed by atoms with E-state index in [9.17, 15) is 4.79 Å². The molecule has 5 nitrogen and oxygen atoms in total. The average molecular weight is 212 g/mol. The molecule has 1 heterocycles. The minimum atomic E-state index is -0.527. The summed E-state index contributed by atoms with van der Waals surface area (Å²) in [5.41, 5.74) is 5.31. The van der Waals surface area contributed by atoms with Crippen molar-refractivity contribution in [2.24, 2.45) is 11.7 Å². The lowest BCUT2D eigenvalue weighted by Crippen LogP contribution is -2.28. The van der Waals surface area contributed by atoms with Crippen LogP contribution in [0.15, 0.2) is 6.20 Å². The van der Waals surface area contributed by atoms with Gasteiger partial charge in [0.25, 0.3) is 5.91 Å². The molecular formula is C8H12N4OS. The van der Waals surface area contributed by atoms with Crippen molar-refractivity contribution in [3.05, 3.63) is 11.9 Å². The summed E-state index contributed by atoms with van der Waals surface area (Å²) in [6, 6.07) is 0.368. The summed E-state index contributed by atoms with van der Waals surface area (Å²) < 4.78 is 1.72. The fourth-order valence-electron chi connectivity index (χ4n) is 1.63. The van der Waals surface area contributed by atoms with Crippen molar-refractivity contribution in [1.82, 2.24) is 15.0 Å². The quantitative estimate of drug-likeness (QED) is 0.706. The van der Waals surface area contributed by atoms with E-state index in [1.54, 1.807) is 10.9 Å². The maximum Gasteiger partial charge on any atom is 0.270 e. The first-order valence-corrected chi connectivity index (χ1v) is 5.16. The Balaban J connectivity index is 2.01. The first-order valence-electron chi connectivity index (χ1n) is 4.53. The van der Waals surface area contributed by atoms with Crippen molar-refractivity contribution in [2.75, 3.05) is 5.75 Å². The maximum absolute atomic E-state index is 10.8. The molecule has 76 valence electrons. The van der Waals surface area contributed by atoms with Crippen molar-refractivity contribution >= 4 is 18.5 Å². The second-order valence-electron chi connectivity index (χ2n) is 3.62. The smallest absolute Gasteiger partial charge is 0.270 e. The zero-order valence-electron chi connectivity index (χ0n) is 7.63. The Bertz CT molecular complexity index is 345. The molecular weight excluding hydrogens is 200 g/mol. The van der Waals surface area contributed by atoms with Gasteiger partial charge < -0.3 is 5.73 Å². The molecule has 1 amide bonds. The van der Waals surface area contributed by atoms with Crippen LogP contribution in [0.4, 0.5) is 0 Å². The minimum absolute atomic E-state index is 0.235. The van der Waals surface area contributed by atoms with Crippen molar-refractivity contribution < 1.29 is 4.79 Å². The Morgan fingerprint density at radius 3 is 2.93 bits per heavy atom. The fraction of sp³-hybridized carbons (Fsp3) is 0.625. The van der Waals surface area contributed by atoms with E-state index in [0.717, 1.165) is 18.6 Å². The molecule has 0 aliphatic heterocycles. The van der Waals surface area contributed by atoms with Gasteiger partial charge in [0.15, 0.2) is 5.69 Å². The van der Waals surface area contributed by atoms with Gasteiger partial charge in [-0.2, -0.15) is 12.6 Å². The van der Waals surface area contributed by atoms with Crippen LogP contribution in [0.25, 0.3) is 0 Å². The molecule has 0 unspecified atom stereocenters. The van der Waals surface area contributed by atoms with E-state index >= 15 is 0 Å². The van der Waals surface area contributed by atoms with E-state index in [4.69, 9.17) is 5.73 Å². The highest BCUT2D eigenvalue weighted by atomic mass is 32.1. The van der Waals surface area contributed by atoms with Gasteiger partial charge in [0.05, 0.1) is 12.2 Å². The average Bonchev–Trinajstić information content (AvgIpc) is 2.51. The number of nitrogens with zero attached hydrogens (tertiary/aromatic N) is 3. The van der Waals surface area contributed by atoms with E-state index in [0.29, 0.717) is 12.0 Å².